The third kappa shape index (κ3) is 4.10. The van der Waals surface area contributed by atoms with Gasteiger partial charge in [0.2, 0.25) is 0 Å². The van der Waals surface area contributed by atoms with Gasteiger partial charge in [0.25, 0.3) is 0 Å². The molecule has 1 aromatic carbocycles. The Balaban J connectivity index is 2.62. The number of anilines is 1. The van der Waals surface area contributed by atoms with Crippen molar-refractivity contribution in [3.8, 4) is 0 Å². The van der Waals surface area contributed by atoms with Crippen LogP contribution in [0.15, 0.2) is 18.2 Å². The number of hydrogen-bond acceptors (Lipinski definition) is 2. The molecule has 0 fully saturated rings. The molecule has 0 bridgehead atoms. The lowest BCUT2D eigenvalue weighted by Crippen LogP contribution is -2.21. The van der Waals surface area contributed by atoms with E-state index >= 15 is 0 Å². The third-order valence-electron chi connectivity index (χ3n) is 2.33. The Morgan fingerprint density at radius 3 is 2.67 bits per heavy atom. The molecule has 0 spiro atoms. The second-order valence-electron chi connectivity index (χ2n) is 3.89. The Labute approximate surface area is 97.2 Å². The molecule has 0 aliphatic carbocycles. The number of benzene rings is 1. The molecule has 0 atom stereocenters. The van der Waals surface area contributed by atoms with Crippen LogP contribution in [0.5, 0.6) is 0 Å². The van der Waals surface area contributed by atoms with Crippen LogP contribution < -0.4 is 5.32 Å². The molecule has 0 unspecified atom stereocenters. The van der Waals surface area contributed by atoms with E-state index in [-0.39, 0.29) is 0 Å². The molecule has 3 heteroatoms. The summed E-state index contributed by atoms with van der Waals surface area (Å²) >= 11 is 5.96. The lowest BCUT2D eigenvalue weighted by molar-refractivity contribution is 0.425. The van der Waals surface area contributed by atoms with Crippen molar-refractivity contribution in [2.45, 2.75) is 13.3 Å². The highest BCUT2D eigenvalue weighted by Crippen LogP contribution is 2.21. The van der Waals surface area contributed by atoms with Gasteiger partial charge in [0, 0.05) is 23.8 Å². The van der Waals surface area contributed by atoms with Gasteiger partial charge in [-0.05, 0) is 38.2 Å². The van der Waals surface area contributed by atoms with E-state index in [0.29, 0.717) is 0 Å². The molecule has 1 N–H and O–H groups in total. The monoisotopic (exact) mass is 226 g/mol. The lowest BCUT2D eigenvalue weighted by Gasteiger charge is -2.14. The average molecular weight is 227 g/mol. The molecule has 0 saturated carbocycles. The molecule has 0 aliphatic rings. The maximum Gasteiger partial charge on any atom is 0.0426 e. The summed E-state index contributed by atoms with van der Waals surface area (Å²) < 4.78 is 0. The number of rotatable bonds is 5. The zero-order chi connectivity index (χ0) is 11.3. The second kappa shape index (κ2) is 5.99. The number of halogens is 1. The Morgan fingerprint density at radius 1 is 1.33 bits per heavy atom. The van der Waals surface area contributed by atoms with Gasteiger partial charge < -0.3 is 10.2 Å². The van der Waals surface area contributed by atoms with Gasteiger partial charge in [-0.2, -0.15) is 0 Å². The van der Waals surface area contributed by atoms with Gasteiger partial charge in [0.15, 0.2) is 0 Å². The molecule has 2 nitrogen and oxygen atoms in total. The highest BCUT2D eigenvalue weighted by atomic mass is 35.5. The highest BCUT2D eigenvalue weighted by molar-refractivity contribution is 6.30. The van der Waals surface area contributed by atoms with Crippen LogP contribution in [-0.4, -0.2) is 32.1 Å². The van der Waals surface area contributed by atoms with Crippen LogP contribution in [0, 0.1) is 0 Å². The first-order chi connectivity index (χ1) is 7.13. The summed E-state index contributed by atoms with van der Waals surface area (Å²) in [6, 6.07) is 6.02. The smallest absolute Gasteiger partial charge is 0.0426 e. The minimum absolute atomic E-state index is 0.791. The van der Waals surface area contributed by atoms with Crippen molar-refractivity contribution in [1.29, 1.82) is 0 Å². The molecule has 0 saturated heterocycles. The second-order valence-corrected chi connectivity index (χ2v) is 4.32. The summed E-state index contributed by atoms with van der Waals surface area (Å²) in [6.45, 7) is 4.12. The van der Waals surface area contributed by atoms with E-state index < -0.39 is 0 Å². The fraction of sp³-hybridized carbons (Fsp3) is 0.500. The number of hydrogen-bond donors (Lipinski definition) is 1. The van der Waals surface area contributed by atoms with Crippen molar-refractivity contribution in [1.82, 2.24) is 4.90 Å². The zero-order valence-corrected chi connectivity index (χ0v) is 10.4. The fourth-order valence-electron chi connectivity index (χ4n) is 1.44. The molecule has 15 heavy (non-hydrogen) atoms. The van der Waals surface area contributed by atoms with E-state index in [0.717, 1.165) is 30.2 Å². The van der Waals surface area contributed by atoms with E-state index in [9.17, 15) is 0 Å². The summed E-state index contributed by atoms with van der Waals surface area (Å²) in [5.41, 5.74) is 2.48. The van der Waals surface area contributed by atoms with Gasteiger partial charge in [-0.15, -0.1) is 0 Å². The summed E-state index contributed by atoms with van der Waals surface area (Å²) in [5, 5.41) is 4.20. The van der Waals surface area contributed by atoms with Gasteiger partial charge >= 0.3 is 0 Å². The number of likely N-dealkylation sites (N-methyl/N-ethyl adjacent to an activating group) is 1. The first kappa shape index (κ1) is 12.3. The predicted molar refractivity (Wildman–Crippen MR) is 67.9 cm³/mol. The minimum Gasteiger partial charge on any atom is -0.383 e. The topological polar surface area (TPSA) is 15.3 Å². The van der Waals surface area contributed by atoms with E-state index in [4.69, 9.17) is 11.6 Å². The van der Waals surface area contributed by atoms with Crippen LogP contribution >= 0.6 is 11.6 Å². The summed E-state index contributed by atoms with van der Waals surface area (Å²) in [5.74, 6) is 0. The van der Waals surface area contributed by atoms with Crippen LogP contribution in [0.25, 0.3) is 0 Å². The van der Waals surface area contributed by atoms with E-state index in [1.54, 1.807) is 0 Å². The minimum atomic E-state index is 0.791. The summed E-state index contributed by atoms with van der Waals surface area (Å²) in [4.78, 5) is 2.16. The number of nitrogens with one attached hydrogen (secondary N) is 1. The normalized spacial score (nSPS) is 10.7. The van der Waals surface area contributed by atoms with Crippen LogP contribution in [-0.2, 0) is 6.42 Å². The zero-order valence-electron chi connectivity index (χ0n) is 9.68. The first-order valence-corrected chi connectivity index (χ1v) is 5.68. The maximum absolute atomic E-state index is 5.96. The number of nitrogens with zero attached hydrogens (tertiary/aromatic N) is 1. The van der Waals surface area contributed by atoms with Crippen molar-refractivity contribution in [2.75, 3.05) is 32.5 Å². The van der Waals surface area contributed by atoms with Crippen LogP contribution in [0.3, 0.4) is 0 Å². The largest absolute Gasteiger partial charge is 0.383 e. The molecule has 0 amide bonds. The molecule has 1 aromatic rings. The predicted octanol–water partition coefficient (Wildman–Crippen LogP) is 2.88. The Bertz CT molecular complexity index is 310. The molecule has 0 aromatic heterocycles. The Morgan fingerprint density at radius 2 is 2.07 bits per heavy atom. The molecule has 84 valence electrons. The quantitative estimate of drug-likeness (QED) is 0.831. The molecule has 0 heterocycles. The molecular formula is C12H19ClN2. The first-order valence-electron chi connectivity index (χ1n) is 5.30. The molecule has 1 rings (SSSR count). The molecule has 0 aliphatic heterocycles. The van der Waals surface area contributed by atoms with Crippen molar-refractivity contribution >= 4 is 17.3 Å². The van der Waals surface area contributed by atoms with Crippen LogP contribution in [0.2, 0.25) is 5.02 Å². The van der Waals surface area contributed by atoms with E-state index in [2.05, 4.69) is 37.3 Å². The summed E-state index contributed by atoms with van der Waals surface area (Å²) in [6.07, 6.45) is 1.03. The van der Waals surface area contributed by atoms with E-state index in [1.165, 1.54) is 5.56 Å². The molecular weight excluding hydrogens is 208 g/mol. The Kier molecular flexibility index (Phi) is 4.92. The Hall–Kier alpha value is -0.730. The van der Waals surface area contributed by atoms with Crippen LogP contribution in [0.1, 0.15) is 12.5 Å². The third-order valence-corrected chi connectivity index (χ3v) is 2.56. The van der Waals surface area contributed by atoms with Gasteiger partial charge in [-0.25, -0.2) is 0 Å². The number of aryl methyl sites for hydroxylation is 1. The van der Waals surface area contributed by atoms with Gasteiger partial charge in [0.1, 0.15) is 0 Å². The van der Waals surface area contributed by atoms with Crippen molar-refractivity contribution in [2.24, 2.45) is 0 Å². The lowest BCUT2D eigenvalue weighted by atomic mass is 10.1. The average Bonchev–Trinajstić information content (AvgIpc) is 2.17. The molecule has 0 radical (unpaired) electrons. The standard InChI is InChI=1S/C12H19ClN2/c1-4-10-5-6-11(13)9-12(10)14-7-8-15(2)3/h5-6,9,14H,4,7-8H2,1-3H3. The summed E-state index contributed by atoms with van der Waals surface area (Å²) in [7, 11) is 4.14. The van der Waals surface area contributed by atoms with Crippen molar-refractivity contribution in [3.05, 3.63) is 28.8 Å². The maximum atomic E-state index is 5.96. The SMILES string of the molecule is CCc1ccc(Cl)cc1NCCN(C)C. The van der Waals surface area contributed by atoms with Gasteiger partial charge in [-0.1, -0.05) is 24.6 Å². The van der Waals surface area contributed by atoms with E-state index in [1.807, 2.05) is 12.1 Å². The highest BCUT2D eigenvalue weighted by Gasteiger charge is 2.01. The van der Waals surface area contributed by atoms with Gasteiger partial charge in [0.05, 0.1) is 0 Å². The fourth-order valence-corrected chi connectivity index (χ4v) is 1.61. The van der Waals surface area contributed by atoms with Gasteiger partial charge in [-0.3, -0.25) is 0 Å². The van der Waals surface area contributed by atoms with Crippen molar-refractivity contribution in [3.63, 3.8) is 0 Å². The van der Waals surface area contributed by atoms with Crippen LogP contribution in [0.4, 0.5) is 5.69 Å². The van der Waals surface area contributed by atoms with Crippen molar-refractivity contribution < 1.29 is 0 Å².